The number of ether oxygens (including phenoxy) is 2. The molecule has 18 heavy (non-hydrogen) atoms. The minimum absolute atomic E-state index is 0.162. The standard InChI is InChI=1S/C14H16O4/c1-3-11(2)17-9-6-10-18-13-8-5-4-7-12(13)14(15)16/h1,4-5,7-8,11H,6,9-10H2,2H3,(H,15,16). The molecule has 0 fully saturated rings. The van der Waals surface area contributed by atoms with Crippen LogP contribution in [0.3, 0.4) is 0 Å². The first-order chi connectivity index (χ1) is 8.65. The molecule has 1 aromatic rings. The maximum absolute atomic E-state index is 10.9. The van der Waals surface area contributed by atoms with Gasteiger partial charge in [0.15, 0.2) is 0 Å². The highest BCUT2D eigenvalue weighted by Crippen LogP contribution is 2.17. The number of terminal acetylenes is 1. The molecule has 0 heterocycles. The van der Waals surface area contributed by atoms with Crippen LogP contribution in [0.2, 0.25) is 0 Å². The summed E-state index contributed by atoms with van der Waals surface area (Å²) in [5.41, 5.74) is 0.162. The van der Waals surface area contributed by atoms with Crippen LogP contribution in [0.25, 0.3) is 0 Å². The fourth-order valence-corrected chi connectivity index (χ4v) is 1.32. The number of rotatable bonds is 7. The van der Waals surface area contributed by atoms with E-state index in [1.54, 1.807) is 25.1 Å². The van der Waals surface area contributed by atoms with Crippen molar-refractivity contribution in [3.05, 3.63) is 29.8 Å². The van der Waals surface area contributed by atoms with Crippen molar-refractivity contribution >= 4 is 5.97 Å². The zero-order valence-electron chi connectivity index (χ0n) is 10.3. The molecule has 0 aromatic heterocycles. The summed E-state index contributed by atoms with van der Waals surface area (Å²) < 4.78 is 10.7. The molecule has 0 saturated carbocycles. The topological polar surface area (TPSA) is 55.8 Å². The average molecular weight is 248 g/mol. The van der Waals surface area contributed by atoms with Crippen LogP contribution in [-0.4, -0.2) is 30.4 Å². The van der Waals surface area contributed by atoms with E-state index >= 15 is 0 Å². The Morgan fingerprint density at radius 1 is 1.44 bits per heavy atom. The maximum atomic E-state index is 10.9. The van der Waals surface area contributed by atoms with E-state index in [1.165, 1.54) is 6.07 Å². The van der Waals surface area contributed by atoms with Crippen LogP contribution in [0.5, 0.6) is 5.75 Å². The Morgan fingerprint density at radius 3 is 2.83 bits per heavy atom. The van der Waals surface area contributed by atoms with Gasteiger partial charge in [-0.1, -0.05) is 18.1 Å². The van der Waals surface area contributed by atoms with Crippen molar-refractivity contribution in [2.75, 3.05) is 13.2 Å². The van der Waals surface area contributed by atoms with Gasteiger partial charge in [-0.25, -0.2) is 4.79 Å². The number of carboxylic acid groups (broad SMARTS) is 1. The SMILES string of the molecule is C#CC(C)OCCCOc1ccccc1C(=O)O. The summed E-state index contributed by atoms with van der Waals surface area (Å²) in [6, 6.07) is 6.54. The Balaban J connectivity index is 2.36. The van der Waals surface area contributed by atoms with Crippen molar-refractivity contribution < 1.29 is 19.4 Å². The molecule has 1 N–H and O–H groups in total. The Hall–Kier alpha value is -1.99. The van der Waals surface area contributed by atoms with Gasteiger partial charge in [0.05, 0.1) is 13.2 Å². The number of carbonyl (C=O) groups is 1. The van der Waals surface area contributed by atoms with E-state index in [1.807, 2.05) is 0 Å². The van der Waals surface area contributed by atoms with Crippen LogP contribution in [0.4, 0.5) is 0 Å². The molecule has 1 atom stereocenters. The third-order valence-electron chi connectivity index (χ3n) is 2.27. The third-order valence-corrected chi connectivity index (χ3v) is 2.27. The van der Waals surface area contributed by atoms with Crippen molar-refractivity contribution in [3.63, 3.8) is 0 Å². The normalized spacial score (nSPS) is 11.6. The summed E-state index contributed by atoms with van der Waals surface area (Å²) in [5.74, 6) is 1.83. The second kappa shape index (κ2) is 7.36. The monoisotopic (exact) mass is 248 g/mol. The predicted molar refractivity (Wildman–Crippen MR) is 67.8 cm³/mol. The lowest BCUT2D eigenvalue weighted by molar-refractivity contribution is 0.0690. The Bertz CT molecular complexity index is 434. The van der Waals surface area contributed by atoms with Gasteiger partial charge in [-0.2, -0.15) is 0 Å². The minimum atomic E-state index is -0.997. The van der Waals surface area contributed by atoms with E-state index in [0.717, 1.165) is 0 Å². The molecular weight excluding hydrogens is 232 g/mol. The molecule has 0 amide bonds. The average Bonchev–Trinajstić information content (AvgIpc) is 2.38. The van der Waals surface area contributed by atoms with Gasteiger partial charge in [0.1, 0.15) is 17.4 Å². The molecule has 96 valence electrons. The first-order valence-corrected chi connectivity index (χ1v) is 5.68. The third kappa shape index (κ3) is 4.48. The highest BCUT2D eigenvalue weighted by Gasteiger charge is 2.09. The van der Waals surface area contributed by atoms with Gasteiger partial charge in [0.25, 0.3) is 0 Å². The van der Waals surface area contributed by atoms with Gasteiger partial charge >= 0.3 is 5.97 Å². The minimum Gasteiger partial charge on any atom is -0.493 e. The summed E-state index contributed by atoms with van der Waals surface area (Å²) in [6.07, 6.45) is 5.60. The first kappa shape index (κ1) is 14.1. The molecular formula is C14H16O4. The van der Waals surface area contributed by atoms with Gasteiger partial charge < -0.3 is 14.6 Å². The quantitative estimate of drug-likeness (QED) is 0.593. The van der Waals surface area contributed by atoms with E-state index in [0.29, 0.717) is 25.4 Å². The summed E-state index contributed by atoms with van der Waals surface area (Å²) in [6.45, 7) is 2.67. The zero-order chi connectivity index (χ0) is 13.4. The van der Waals surface area contributed by atoms with Crippen LogP contribution in [0.15, 0.2) is 24.3 Å². The molecule has 0 aliphatic rings. The van der Waals surface area contributed by atoms with Gasteiger partial charge in [0.2, 0.25) is 0 Å². The number of aromatic carboxylic acids is 1. The van der Waals surface area contributed by atoms with Crippen molar-refractivity contribution in [1.29, 1.82) is 0 Å². The van der Waals surface area contributed by atoms with Crippen LogP contribution in [0, 0.1) is 12.3 Å². The van der Waals surface area contributed by atoms with Gasteiger partial charge in [-0.3, -0.25) is 0 Å². The lowest BCUT2D eigenvalue weighted by Crippen LogP contribution is -2.10. The van der Waals surface area contributed by atoms with Gasteiger partial charge in [-0.05, 0) is 19.1 Å². The zero-order valence-corrected chi connectivity index (χ0v) is 10.3. The van der Waals surface area contributed by atoms with E-state index < -0.39 is 5.97 Å². The van der Waals surface area contributed by atoms with Crippen LogP contribution in [0.1, 0.15) is 23.7 Å². The van der Waals surface area contributed by atoms with E-state index in [4.69, 9.17) is 21.0 Å². The number of hydrogen-bond acceptors (Lipinski definition) is 3. The summed E-state index contributed by atoms with van der Waals surface area (Å²) in [5, 5.41) is 8.95. The van der Waals surface area contributed by atoms with Crippen molar-refractivity contribution in [2.45, 2.75) is 19.4 Å². The molecule has 1 aromatic carbocycles. The smallest absolute Gasteiger partial charge is 0.339 e. The molecule has 1 unspecified atom stereocenters. The largest absolute Gasteiger partial charge is 0.493 e. The van der Waals surface area contributed by atoms with Crippen molar-refractivity contribution in [3.8, 4) is 18.1 Å². The molecule has 0 bridgehead atoms. The fourth-order valence-electron chi connectivity index (χ4n) is 1.32. The Kier molecular flexibility index (Phi) is 5.75. The highest BCUT2D eigenvalue weighted by molar-refractivity contribution is 5.90. The lowest BCUT2D eigenvalue weighted by Gasteiger charge is -2.10. The van der Waals surface area contributed by atoms with E-state index in [9.17, 15) is 4.79 Å². The fraction of sp³-hybridized carbons (Fsp3) is 0.357. The summed E-state index contributed by atoms with van der Waals surface area (Å²) >= 11 is 0. The highest BCUT2D eigenvalue weighted by atomic mass is 16.5. The summed E-state index contributed by atoms with van der Waals surface area (Å²) in [7, 11) is 0. The van der Waals surface area contributed by atoms with Crippen LogP contribution < -0.4 is 4.74 Å². The molecule has 0 spiro atoms. The molecule has 4 heteroatoms. The van der Waals surface area contributed by atoms with Crippen molar-refractivity contribution in [2.24, 2.45) is 0 Å². The molecule has 0 aliphatic carbocycles. The lowest BCUT2D eigenvalue weighted by atomic mass is 10.2. The number of carboxylic acids is 1. The number of benzene rings is 1. The number of hydrogen-bond donors (Lipinski definition) is 1. The number of para-hydroxylation sites is 1. The molecule has 0 radical (unpaired) electrons. The summed E-state index contributed by atoms with van der Waals surface area (Å²) in [4.78, 5) is 10.9. The molecule has 4 nitrogen and oxygen atoms in total. The Morgan fingerprint density at radius 2 is 2.17 bits per heavy atom. The molecule has 0 saturated heterocycles. The van der Waals surface area contributed by atoms with Crippen LogP contribution >= 0.6 is 0 Å². The van der Waals surface area contributed by atoms with E-state index in [-0.39, 0.29) is 11.7 Å². The molecule has 1 rings (SSSR count). The molecule has 0 aliphatic heterocycles. The van der Waals surface area contributed by atoms with Gasteiger partial charge in [-0.15, -0.1) is 6.42 Å². The van der Waals surface area contributed by atoms with Crippen LogP contribution in [-0.2, 0) is 4.74 Å². The second-order valence-electron chi connectivity index (χ2n) is 3.68. The Labute approximate surface area is 107 Å². The van der Waals surface area contributed by atoms with Crippen molar-refractivity contribution in [1.82, 2.24) is 0 Å². The first-order valence-electron chi connectivity index (χ1n) is 5.68. The van der Waals surface area contributed by atoms with E-state index in [2.05, 4.69) is 5.92 Å². The predicted octanol–water partition coefficient (Wildman–Crippen LogP) is 2.19. The maximum Gasteiger partial charge on any atom is 0.339 e. The second-order valence-corrected chi connectivity index (χ2v) is 3.68. The van der Waals surface area contributed by atoms with Gasteiger partial charge in [0, 0.05) is 6.42 Å².